The molecule has 0 radical (unpaired) electrons. The molecule has 0 aliphatic carbocycles. The van der Waals surface area contributed by atoms with Crippen molar-refractivity contribution in [2.45, 2.75) is 32.8 Å². The molecule has 0 aromatic carbocycles. The Hall–Kier alpha value is -0.160. The molecule has 18 heavy (non-hydrogen) atoms. The highest BCUT2D eigenvalue weighted by Gasteiger charge is 2.23. The lowest BCUT2D eigenvalue weighted by Gasteiger charge is -2.37. The van der Waals surface area contributed by atoms with Gasteiger partial charge >= 0.3 is 0 Å². The number of likely N-dealkylation sites (N-methyl/N-ethyl adjacent to an activating group) is 1. The van der Waals surface area contributed by atoms with Gasteiger partial charge in [0.05, 0.1) is 39.5 Å². The van der Waals surface area contributed by atoms with Crippen LogP contribution in [0.4, 0.5) is 0 Å². The van der Waals surface area contributed by atoms with Crippen LogP contribution in [0.2, 0.25) is 0 Å². The quantitative estimate of drug-likeness (QED) is 0.774. The van der Waals surface area contributed by atoms with Crippen molar-refractivity contribution in [2.24, 2.45) is 0 Å². The van der Waals surface area contributed by atoms with E-state index < -0.39 is 0 Å². The van der Waals surface area contributed by atoms with E-state index in [2.05, 4.69) is 26.2 Å². The van der Waals surface area contributed by atoms with Crippen LogP contribution in [0.1, 0.15) is 26.7 Å². The van der Waals surface area contributed by atoms with Crippen LogP contribution in [-0.2, 0) is 9.47 Å². The molecule has 2 rings (SSSR count). The van der Waals surface area contributed by atoms with E-state index in [-0.39, 0.29) is 0 Å². The Morgan fingerprint density at radius 2 is 1.94 bits per heavy atom. The molecule has 1 unspecified atom stereocenters. The Kier molecular flexibility index (Phi) is 7.82. The maximum absolute atomic E-state index is 5.33. The van der Waals surface area contributed by atoms with Crippen molar-refractivity contribution in [3.63, 3.8) is 0 Å². The van der Waals surface area contributed by atoms with E-state index in [0.717, 1.165) is 32.9 Å². The van der Waals surface area contributed by atoms with Crippen molar-refractivity contribution < 1.29 is 14.0 Å². The van der Waals surface area contributed by atoms with E-state index in [1.54, 1.807) is 0 Å². The van der Waals surface area contributed by atoms with Crippen LogP contribution < -0.4 is 5.32 Å². The van der Waals surface area contributed by atoms with Crippen molar-refractivity contribution in [3.8, 4) is 0 Å². The summed E-state index contributed by atoms with van der Waals surface area (Å²) >= 11 is 0. The van der Waals surface area contributed by atoms with E-state index in [4.69, 9.17) is 9.47 Å². The molecule has 2 saturated heterocycles. The van der Waals surface area contributed by atoms with Gasteiger partial charge in [0.25, 0.3) is 0 Å². The molecule has 4 heteroatoms. The number of hydrogen-bond donors (Lipinski definition) is 1. The van der Waals surface area contributed by atoms with Gasteiger partial charge in [-0.05, 0) is 13.3 Å². The van der Waals surface area contributed by atoms with Crippen LogP contribution in [-0.4, -0.2) is 70.2 Å². The first-order chi connectivity index (χ1) is 8.66. The lowest BCUT2D eigenvalue weighted by molar-refractivity contribution is -0.917. The second-order valence-electron chi connectivity index (χ2n) is 5.64. The summed E-state index contributed by atoms with van der Waals surface area (Å²) in [4.78, 5) is 0. The van der Waals surface area contributed by atoms with Gasteiger partial charge in [0.2, 0.25) is 0 Å². The van der Waals surface area contributed by atoms with Crippen molar-refractivity contribution >= 4 is 0 Å². The summed E-state index contributed by atoms with van der Waals surface area (Å²) in [6, 6.07) is 0. The first-order valence-electron chi connectivity index (χ1n) is 7.40. The van der Waals surface area contributed by atoms with Crippen LogP contribution in [0, 0.1) is 0 Å². The number of quaternary nitrogens is 1. The summed E-state index contributed by atoms with van der Waals surface area (Å²) < 4.78 is 11.8. The molecule has 2 heterocycles. The average Bonchev–Trinajstić information content (AvgIpc) is 2.39. The molecule has 108 valence electrons. The Morgan fingerprint density at radius 1 is 1.22 bits per heavy atom. The lowest BCUT2D eigenvalue weighted by atomic mass is 10.2. The number of nitrogens with one attached hydrogen (secondary N) is 1. The SMILES string of the molecule is CC1CNCCO1.CCCC[N+]1(C)CCOCC1. The summed E-state index contributed by atoms with van der Waals surface area (Å²) in [5, 5.41) is 3.21. The number of hydrogen-bond acceptors (Lipinski definition) is 3. The fourth-order valence-corrected chi connectivity index (χ4v) is 2.24. The lowest BCUT2D eigenvalue weighted by Crippen LogP contribution is -2.52. The van der Waals surface area contributed by atoms with Gasteiger partial charge in [0.15, 0.2) is 0 Å². The molecule has 1 atom stereocenters. The highest BCUT2D eigenvalue weighted by Crippen LogP contribution is 2.08. The van der Waals surface area contributed by atoms with Crippen molar-refractivity contribution in [2.75, 3.05) is 59.6 Å². The van der Waals surface area contributed by atoms with Crippen LogP contribution in [0.15, 0.2) is 0 Å². The maximum atomic E-state index is 5.33. The molecular weight excluding hydrogens is 228 g/mol. The minimum Gasteiger partial charge on any atom is -0.376 e. The van der Waals surface area contributed by atoms with E-state index in [0.29, 0.717) is 6.10 Å². The van der Waals surface area contributed by atoms with Crippen LogP contribution >= 0.6 is 0 Å². The summed E-state index contributed by atoms with van der Waals surface area (Å²) in [5.74, 6) is 0. The van der Waals surface area contributed by atoms with Crippen LogP contribution in [0.25, 0.3) is 0 Å². The topological polar surface area (TPSA) is 30.5 Å². The highest BCUT2D eigenvalue weighted by atomic mass is 16.5. The van der Waals surface area contributed by atoms with Gasteiger partial charge in [-0.25, -0.2) is 0 Å². The number of rotatable bonds is 3. The fourth-order valence-electron chi connectivity index (χ4n) is 2.24. The van der Waals surface area contributed by atoms with E-state index in [1.807, 2.05) is 0 Å². The van der Waals surface area contributed by atoms with Gasteiger partial charge in [-0.15, -0.1) is 0 Å². The molecule has 2 fully saturated rings. The Labute approximate surface area is 112 Å². The maximum Gasteiger partial charge on any atom is 0.102 e. The molecule has 2 aliphatic heterocycles. The zero-order valence-corrected chi connectivity index (χ0v) is 12.4. The molecule has 0 bridgehead atoms. The summed E-state index contributed by atoms with van der Waals surface area (Å²) in [6.45, 7) is 12.9. The van der Waals surface area contributed by atoms with Crippen molar-refractivity contribution in [1.82, 2.24) is 5.32 Å². The largest absolute Gasteiger partial charge is 0.376 e. The molecular formula is C14H31N2O2+. The standard InChI is InChI=1S/C9H20NO.C5H11NO/c1-3-4-5-10(2)6-8-11-9-7-10;1-5-4-6-2-3-7-5/h3-9H2,1-2H3;5-6H,2-4H2,1H3/q+1;. The summed E-state index contributed by atoms with van der Waals surface area (Å²) in [6.07, 6.45) is 3.10. The number of nitrogens with zero attached hydrogens (tertiary/aromatic N) is 1. The first kappa shape index (κ1) is 15.9. The van der Waals surface area contributed by atoms with Crippen LogP contribution in [0.5, 0.6) is 0 Å². The normalized spacial score (nSPS) is 27.2. The Morgan fingerprint density at radius 3 is 2.39 bits per heavy atom. The smallest absolute Gasteiger partial charge is 0.102 e. The zero-order chi connectivity index (χ0) is 13.3. The second-order valence-corrected chi connectivity index (χ2v) is 5.64. The summed E-state index contributed by atoms with van der Waals surface area (Å²) in [7, 11) is 2.35. The van der Waals surface area contributed by atoms with E-state index >= 15 is 0 Å². The fraction of sp³-hybridized carbons (Fsp3) is 1.00. The predicted molar refractivity (Wildman–Crippen MR) is 74.8 cm³/mol. The van der Waals surface area contributed by atoms with Gasteiger partial charge in [-0.1, -0.05) is 13.3 Å². The van der Waals surface area contributed by atoms with E-state index in [1.165, 1.54) is 37.0 Å². The molecule has 0 spiro atoms. The molecule has 2 aliphatic rings. The zero-order valence-electron chi connectivity index (χ0n) is 12.4. The van der Waals surface area contributed by atoms with Crippen molar-refractivity contribution in [3.05, 3.63) is 0 Å². The number of morpholine rings is 2. The molecule has 0 saturated carbocycles. The monoisotopic (exact) mass is 259 g/mol. The average molecular weight is 259 g/mol. The molecule has 0 aromatic heterocycles. The third kappa shape index (κ3) is 6.69. The number of ether oxygens (including phenoxy) is 2. The molecule has 4 nitrogen and oxygen atoms in total. The second kappa shape index (κ2) is 8.86. The Bertz CT molecular complexity index is 200. The van der Waals surface area contributed by atoms with Gasteiger partial charge in [-0.2, -0.15) is 0 Å². The van der Waals surface area contributed by atoms with Crippen LogP contribution in [0.3, 0.4) is 0 Å². The van der Waals surface area contributed by atoms with Crippen molar-refractivity contribution in [1.29, 1.82) is 0 Å². The highest BCUT2D eigenvalue weighted by molar-refractivity contribution is 4.59. The Balaban J connectivity index is 0.000000199. The first-order valence-corrected chi connectivity index (χ1v) is 7.40. The summed E-state index contributed by atoms with van der Waals surface area (Å²) in [5.41, 5.74) is 0. The molecule has 0 aromatic rings. The van der Waals surface area contributed by atoms with Gasteiger partial charge in [-0.3, -0.25) is 0 Å². The minimum atomic E-state index is 0.425. The predicted octanol–water partition coefficient (Wildman–Crippen LogP) is 1.26. The van der Waals surface area contributed by atoms with Gasteiger partial charge in [0.1, 0.15) is 13.1 Å². The third-order valence-electron chi connectivity index (χ3n) is 3.72. The molecule has 0 amide bonds. The molecule has 1 N–H and O–H groups in total. The number of unbranched alkanes of at least 4 members (excludes halogenated alkanes) is 1. The third-order valence-corrected chi connectivity index (χ3v) is 3.72. The van der Waals surface area contributed by atoms with E-state index in [9.17, 15) is 0 Å². The van der Waals surface area contributed by atoms with Gasteiger partial charge in [0, 0.05) is 13.1 Å². The minimum absolute atomic E-state index is 0.425. The van der Waals surface area contributed by atoms with Gasteiger partial charge < -0.3 is 19.3 Å².